The highest BCUT2D eigenvalue weighted by atomic mass is 32.2. The van der Waals surface area contributed by atoms with Gasteiger partial charge in [-0.05, 0) is 49.7 Å². The molecule has 0 saturated heterocycles. The second-order valence-corrected chi connectivity index (χ2v) is 10.6. The van der Waals surface area contributed by atoms with Crippen molar-refractivity contribution in [2.24, 2.45) is 5.92 Å². The van der Waals surface area contributed by atoms with Crippen LogP contribution in [0.25, 0.3) is 6.08 Å². The van der Waals surface area contributed by atoms with Gasteiger partial charge in [-0.25, -0.2) is 17.6 Å². The highest BCUT2D eigenvalue weighted by Gasteiger charge is 2.38. The molecule has 2 aromatic carbocycles. The number of urea groups is 1. The molecule has 2 N–H and O–H groups in total. The Morgan fingerprint density at radius 3 is 2.74 bits per heavy atom. The minimum Gasteiger partial charge on any atom is -0.487 e. The van der Waals surface area contributed by atoms with Gasteiger partial charge in [0, 0.05) is 31.2 Å². The molecule has 10 heteroatoms. The predicted octanol–water partition coefficient (Wildman–Crippen LogP) is 3.79. The summed E-state index contributed by atoms with van der Waals surface area (Å²) in [5, 5.41) is 12.4. The van der Waals surface area contributed by atoms with Crippen LogP contribution in [0.1, 0.15) is 26.3 Å². The topological polar surface area (TPSA) is 99.2 Å². The summed E-state index contributed by atoms with van der Waals surface area (Å²) in [4.78, 5) is 14.2. The third kappa shape index (κ3) is 6.19. The Morgan fingerprint density at radius 2 is 2.09 bits per heavy atom. The summed E-state index contributed by atoms with van der Waals surface area (Å²) in [7, 11) is -2.35. The van der Waals surface area contributed by atoms with Gasteiger partial charge in [0.2, 0.25) is 10.0 Å². The van der Waals surface area contributed by atoms with Crippen LogP contribution in [-0.4, -0.2) is 67.7 Å². The van der Waals surface area contributed by atoms with Gasteiger partial charge in [0.15, 0.2) is 0 Å². The molecule has 0 aromatic heterocycles. The van der Waals surface area contributed by atoms with Crippen molar-refractivity contribution in [2.45, 2.75) is 37.8 Å². The van der Waals surface area contributed by atoms with Gasteiger partial charge in [0.1, 0.15) is 22.6 Å². The number of nitrogens with one attached hydrogen (secondary N) is 1. The normalized spacial score (nSPS) is 20.9. The molecule has 0 bridgehead atoms. The van der Waals surface area contributed by atoms with Crippen LogP contribution in [0.2, 0.25) is 0 Å². The van der Waals surface area contributed by atoms with E-state index in [0.717, 1.165) is 5.56 Å². The van der Waals surface area contributed by atoms with E-state index in [-0.39, 0.29) is 36.3 Å². The average Bonchev–Trinajstić information content (AvgIpc) is 2.81. The van der Waals surface area contributed by atoms with Crippen molar-refractivity contribution in [3.8, 4) is 5.75 Å². The fourth-order valence-electron chi connectivity index (χ4n) is 3.89. The molecule has 0 unspecified atom stereocenters. The summed E-state index contributed by atoms with van der Waals surface area (Å²) in [5.74, 6) is -0.594. The number of anilines is 1. The standard InChI is InChI=1S/C25H32FN3O5S/c1-5-7-19-10-11-24-22(12-19)34-23(17(2)14-29(18(3)16-30)35(24,32)33)15-28(4)25(31)27-21-9-6-8-20(26)13-21/h5-13,17-18,23,30H,14-16H2,1-4H3,(H,27,31)/t17-,18-,23+/m0/s1. The first kappa shape index (κ1) is 26.7. The summed E-state index contributed by atoms with van der Waals surface area (Å²) in [5.41, 5.74) is 1.09. The number of aliphatic hydroxyl groups is 1. The first-order chi connectivity index (χ1) is 16.6. The molecule has 0 aliphatic carbocycles. The third-order valence-corrected chi connectivity index (χ3v) is 7.95. The minimum absolute atomic E-state index is 0.00909. The van der Waals surface area contributed by atoms with Gasteiger partial charge in [-0.1, -0.05) is 31.2 Å². The number of rotatable bonds is 6. The Labute approximate surface area is 206 Å². The number of ether oxygens (including phenoxy) is 1. The van der Waals surface area contributed by atoms with Crippen LogP contribution in [0.15, 0.2) is 53.4 Å². The SMILES string of the molecule is CC=Cc1ccc2c(c1)O[C@H](CN(C)C(=O)Nc1cccc(F)c1)[C@@H](C)CN([C@@H](C)CO)S2(=O)=O. The lowest BCUT2D eigenvalue weighted by Gasteiger charge is -2.37. The van der Waals surface area contributed by atoms with Crippen molar-refractivity contribution in [3.05, 3.63) is 59.9 Å². The molecule has 2 aromatic rings. The van der Waals surface area contributed by atoms with Crippen molar-refractivity contribution in [2.75, 3.05) is 32.1 Å². The van der Waals surface area contributed by atoms with Gasteiger partial charge < -0.3 is 20.1 Å². The van der Waals surface area contributed by atoms with Crippen LogP contribution < -0.4 is 10.1 Å². The molecule has 1 aliphatic heterocycles. The predicted molar refractivity (Wildman–Crippen MR) is 133 cm³/mol. The molecule has 35 heavy (non-hydrogen) atoms. The Bertz CT molecular complexity index is 1190. The summed E-state index contributed by atoms with van der Waals surface area (Å²) >= 11 is 0. The first-order valence-corrected chi connectivity index (χ1v) is 12.8. The molecule has 1 heterocycles. The minimum atomic E-state index is -3.94. The number of likely N-dealkylation sites (N-methyl/N-ethyl adjacent to an activating group) is 1. The number of carbonyl (C=O) groups excluding carboxylic acids is 1. The van der Waals surface area contributed by atoms with E-state index in [9.17, 15) is 22.7 Å². The second-order valence-electron chi connectivity index (χ2n) is 8.77. The highest BCUT2D eigenvalue weighted by Crippen LogP contribution is 2.34. The zero-order valence-corrected chi connectivity index (χ0v) is 21.1. The van der Waals surface area contributed by atoms with E-state index < -0.39 is 34.0 Å². The molecule has 190 valence electrons. The number of benzene rings is 2. The van der Waals surface area contributed by atoms with Gasteiger partial charge in [0.05, 0.1) is 13.2 Å². The van der Waals surface area contributed by atoms with Crippen molar-refractivity contribution in [1.29, 1.82) is 0 Å². The smallest absolute Gasteiger partial charge is 0.321 e. The van der Waals surface area contributed by atoms with E-state index in [4.69, 9.17) is 4.74 Å². The van der Waals surface area contributed by atoms with Gasteiger partial charge in [-0.3, -0.25) is 0 Å². The van der Waals surface area contributed by atoms with Crippen LogP contribution in [0.5, 0.6) is 5.75 Å². The van der Waals surface area contributed by atoms with Gasteiger partial charge >= 0.3 is 6.03 Å². The lowest BCUT2D eigenvalue weighted by atomic mass is 10.0. The van der Waals surface area contributed by atoms with Crippen molar-refractivity contribution in [3.63, 3.8) is 0 Å². The van der Waals surface area contributed by atoms with E-state index in [1.807, 2.05) is 26.0 Å². The number of hydrogen-bond acceptors (Lipinski definition) is 5. The molecule has 0 fully saturated rings. The average molecular weight is 506 g/mol. The quantitative estimate of drug-likeness (QED) is 0.622. The van der Waals surface area contributed by atoms with E-state index in [1.165, 1.54) is 33.5 Å². The molecular weight excluding hydrogens is 473 g/mol. The number of hydrogen-bond donors (Lipinski definition) is 2. The third-order valence-electron chi connectivity index (χ3n) is 5.93. The number of aliphatic hydroxyl groups excluding tert-OH is 1. The fourth-order valence-corrected chi connectivity index (χ4v) is 5.72. The van der Waals surface area contributed by atoms with Crippen molar-refractivity contribution >= 4 is 27.8 Å². The Hall–Kier alpha value is -2.95. The number of fused-ring (bicyclic) bond motifs is 1. The van der Waals surface area contributed by atoms with Gasteiger partial charge in [-0.15, -0.1) is 0 Å². The molecule has 1 aliphatic rings. The van der Waals surface area contributed by atoms with E-state index in [0.29, 0.717) is 5.69 Å². The number of amides is 2. The maximum atomic E-state index is 13.5. The van der Waals surface area contributed by atoms with Crippen molar-refractivity contribution < 1.29 is 27.4 Å². The van der Waals surface area contributed by atoms with Crippen LogP contribution in [0.3, 0.4) is 0 Å². The molecule has 8 nitrogen and oxygen atoms in total. The monoisotopic (exact) mass is 505 g/mol. The highest BCUT2D eigenvalue weighted by molar-refractivity contribution is 7.89. The largest absolute Gasteiger partial charge is 0.487 e. The Morgan fingerprint density at radius 1 is 1.34 bits per heavy atom. The number of halogens is 1. The van der Waals surface area contributed by atoms with Gasteiger partial charge in [0.25, 0.3) is 0 Å². The van der Waals surface area contributed by atoms with Crippen LogP contribution in [-0.2, 0) is 10.0 Å². The zero-order valence-electron chi connectivity index (χ0n) is 20.3. The molecule has 3 atom stereocenters. The molecule has 3 rings (SSSR count). The molecule has 2 amide bonds. The number of nitrogens with zero attached hydrogens (tertiary/aromatic N) is 2. The summed E-state index contributed by atoms with van der Waals surface area (Å²) < 4.78 is 48.0. The summed E-state index contributed by atoms with van der Waals surface area (Å²) in [6.45, 7) is 5.26. The number of sulfonamides is 1. The molecule has 0 saturated carbocycles. The van der Waals surface area contributed by atoms with E-state index in [1.54, 1.807) is 32.2 Å². The number of allylic oxidation sites excluding steroid dienone is 1. The molecule has 0 spiro atoms. The number of carbonyl (C=O) groups is 1. The lowest BCUT2D eigenvalue weighted by Crippen LogP contribution is -2.50. The molecule has 0 radical (unpaired) electrons. The summed E-state index contributed by atoms with van der Waals surface area (Å²) in [6.07, 6.45) is 3.12. The Kier molecular flexibility index (Phi) is 8.52. The summed E-state index contributed by atoms with van der Waals surface area (Å²) in [6, 6.07) is 9.36. The maximum absolute atomic E-state index is 13.5. The van der Waals surface area contributed by atoms with E-state index >= 15 is 0 Å². The van der Waals surface area contributed by atoms with Crippen LogP contribution >= 0.6 is 0 Å². The molecular formula is C25H32FN3O5S. The van der Waals surface area contributed by atoms with Crippen LogP contribution in [0, 0.1) is 11.7 Å². The van der Waals surface area contributed by atoms with Crippen LogP contribution in [0.4, 0.5) is 14.9 Å². The van der Waals surface area contributed by atoms with Crippen molar-refractivity contribution in [1.82, 2.24) is 9.21 Å². The zero-order chi connectivity index (χ0) is 25.8. The van der Waals surface area contributed by atoms with E-state index in [2.05, 4.69) is 5.32 Å². The van der Waals surface area contributed by atoms with Gasteiger partial charge in [-0.2, -0.15) is 4.31 Å². The second kappa shape index (κ2) is 11.2. The Balaban J connectivity index is 1.93. The first-order valence-electron chi connectivity index (χ1n) is 11.4. The maximum Gasteiger partial charge on any atom is 0.321 e. The lowest BCUT2D eigenvalue weighted by molar-refractivity contribution is 0.0830. The fraction of sp³-hybridized carbons (Fsp3) is 0.400.